The number of carbonyl (C=O) groups is 1. The third-order valence-electron chi connectivity index (χ3n) is 5.40. The second-order valence-corrected chi connectivity index (χ2v) is 8.85. The second-order valence-electron chi connectivity index (χ2n) is 8.85. The average molecular weight is 426 g/mol. The Morgan fingerprint density at radius 1 is 1.16 bits per heavy atom. The van der Waals surface area contributed by atoms with Crippen molar-refractivity contribution in [2.75, 3.05) is 26.2 Å². The van der Waals surface area contributed by atoms with E-state index in [1.165, 1.54) is 12.1 Å². The highest BCUT2D eigenvalue weighted by Gasteiger charge is 2.25. The van der Waals surface area contributed by atoms with E-state index in [2.05, 4.69) is 35.8 Å². The number of oxazole rings is 1. The molecule has 1 aliphatic heterocycles. The van der Waals surface area contributed by atoms with Gasteiger partial charge in [-0.25, -0.2) is 9.37 Å². The molecule has 164 valence electrons. The first-order valence-electron chi connectivity index (χ1n) is 10.5. The van der Waals surface area contributed by atoms with Crippen LogP contribution in [0.25, 0.3) is 11.3 Å². The zero-order valence-electron chi connectivity index (χ0n) is 18.1. The summed E-state index contributed by atoms with van der Waals surface area (Å²) in [7, 11) is 0. The summed E-state index contributed by atoms with van der Waals surface area (Å²) in [5, 5.41) is 3.88. The Hall–Kier alpha value is -3.00. The maximum Gasteiger partial charge on any atom is 0.276 e. The topological polar surface area (TPSA) is 75.6 Å². The maximum absolute atomic E-state index is 14.0. The van der Waals surface area contributed by atoms with Crippen LogP contribution in [0.5, 0.6) is 0 Å². The number of hydrogen-bond acceptors (Lipinski definition) is 6. The molecule has 7 nitrogen and oxygen atoms in total. The highest BCUT2D eigenvalue weighted by atomic mass is 19.1. The van der Waals surface area contributed by atoms with Crippen molar-refractivity contribution in [1.29, 1.82) is 0 Å². The van der Waals surface area contributed by atoms with Crippen LogP contribution < -0.4 is 0 Å². The van der Waals surface area contributed by atoms with Gasteiger partial charge in [-0.2, -0.15) is 0 Å². The van der Waals surface area contributed by atoms with Gasteiger partial charge >= 0.3 is 0 Å². The molecular formula is C23H27FN4O3. The SMILES string of the molecule is CC(C)(C)c1cnc(CN2CCCN(C(=O)c3cc(-c4ccccc4F)on3)CC2)o1. The minimum Gasteiger partial charge on any atom is -0.444 e. The molecule has 1 aromatic carbocycles. The highest BCUT2D eigenvalue weighted by Crippen LogP contribution is 2.25. The fourth-order valence-corrected chi connectivity index (χ4v) is 3.58. The molecule has 0 N–H and O–H groups in total. The predicted molar refractivity (Wildman–Crippen MR) is 113 cm³/mol. The number of carbonyl (C=O) groups excluding carboxylic acids is 1. The number of halogens is 1. The summed E-state index contributed by atoms with van der Waals surface area (Å²) in [5.74, 6) is 1.18. The van der Waals surface area contributed by atoms with Crippen LogP contribution >= 0.6 is 0 Å². The molecule has 3 heterocycles. The standard InChI is InChI=1S/C23H27FN4O3/c1-23(2,3)20-14-25-21(30-20)15-27-9-6-10-28(12-11-27)22(29)18-13-19(31-26-18)16-7-4-5-8-17(16)24/h4-5,7-8,13-14H,6,9-12,15H2,1-3H3. The van der Waals surface area contributed by atoms with Gasteiger partial charge in [0.25, 0.3) is 5.91 Å². The molecule has 0 atom stereocenters. The fourth-order valence-electron chi connectivity index (χ4n) is 3.58. The molecule has 1 amide bonds. The lowest BCUT2D eigenvalue weighted by Crippen LogP contribution is -2.35. The largest absolute Gasteiger partial charge is 0.444 e. The van der Waals surface area contributed by atoms with E-state index in [0.29, 0.717) is 32.1 Å². The Morgan fingerprint density at radius 2 is 1.97 bits per heavy atom. The number of nitrogens with zero attached hydrogens (tertiary/aromatic N) is 4. The van der Waals surface area contributed by atoms with Crippen LogP contribution in [-0.4, -0.2) is 52.0 Å². The Morgan fingerprint density at radius 3 is 2.71 bits per heavy atom. The Kier molecular flexibility index (Phi) is 5.91. The summed E-state index contributed by atoms with van der Waals surface area (Å²) in [5.41, 5.74) is 0.401. The minimum absolute atomic E-state index is 0.0770. The van der Waals surface area contributed by atoms with Gasteiger partial charge < -0.3 is 13.8 Å². The number of hydrogen-bond donors (Lipinski definition) is 0. The Bertz CT molecular complexity index is 1050. The van der Waals surface area contributed by atoms with Gasteiger partial charge in [-0.15, -0.1) is 0 Å². The van der Waals surface area contributed by atoms with Gasteiger partial charge in [0.1, 0.15) is 11.6 Å². The number of aromatic nitrogens is 2. The molecule has 0 radical (unpaired) electrons. The van der Waals surface area contributed by atoms with Crippen LogP contribution in [0.1, 0.15) is 49.3 Å². The van der Waals surface area contributed by atoms with Crippen molar-refractivity contribution in [3.63, 3.8) is 0 Å². The molecule has 0 bridgehead atoms. The highest BCUT2D eigenvalue weighted by molar-refractivity contribution is 5.93. The summed E-state index contributed by atoms with van der Waals surface area (Å²) >= 11 is 0. The van der Waals surface area contributed by atoms with Crippen LogP contribution in [0.2, 0.25) is 0 Å². The van der Waals surface area contributed by atoms with Crippen LogP contribution in [-0.2, 0) is 12.0 Å². The molecule has 3 aromatic rings. The van der Waals surface area contributed by atoms with Crippen molar-refractivity contribution in [2.45, 2.75) is 39.2 Å². The lowest BCUT2D eigenvalue weighted by atomic mass is 9.94. The monoisotopic (exact) mass is 426 g/mol. The van der Waals surface area contributed by atoms with Gasteiger partial charge in [-0.05, 0) is 18.6 Å². The van der Waals surface area contributed by atoms with Crippen molar-refractivity contribution < 1.29 is 18.1 Å². The van der Waals surface area contributed by atoms with Crippen molar-refractivity contribution in [2.24, 2.45) is 0 Å². The van der Waals surface area contributed by atoms with Crippen LogP contribution in [0.15, 0.2) is 45.5 Å². The third kappa shape index (κ3) is 4.85. The van der Waals surface area contributed by atoms with E-state index >= 15 is 0 Å². The zero-order chi connectivity index (χ0) is 22.0. The van der Waals surface area contributed by atoms with Crippen LogP contribution in [0, 0.1) is 5.82 Å². The van der Waals surface area contributed by atoms with Crippen LogP contribution in [0.4, 0.5) is 4.39 Å². The molecule has 8 heteroatoms. The zero-order valence-corrected chi connectivity index (χ0v) is 18.1. The molecule has 1 aliphatic rings. The first-order valence-corrected chi connectivity index (χ1v) is 10.5. The summed E-state index contributed by atoms with van der Waals surface area (Å²) < 4.78 is 25.1. The van der Waals surface area contributed by atoms with Gasteiger partial charge in [0.05, 0.1) is 18.3 Å². The first-order chi connectivity index (χ1) is 14.8. The molecule has 1 fully saturated rings. The number of benzene rings is 1. The summed E-state index contributed by atoms with van der Waals surface area (Å²) in [6, 6.07) is 7.77. The molecule has 4 rings (SSSR count). The van der Waals surface area contributed by atoms with E-state index in [-0.39, 0.29) is 28.3 Å². The van der Waals surface area contributed by atoms with Crippen molar-refractivity contribution >= 4 is 5.91 Å². The van der Waals surface area contributed by atoms with Crippen LogP contribution in [0.3, 0.4) is 0 Å². The van der Waals surface area contributed by atoms with Gasteiger partial charge in [-0.3, -0.25) is 9.69 Å². The van der Waals surface area contributed by atoms with Crippen molar-refractivity contribution in [1.82, 2.24) is 19.9 Å². The summed E-state index contributed by atoms with van der Waals surface area (Å²) in [4.78, 5) is 21.3. The smallest absolute Gasteiger partial charge is 0.276 e. The van der Waals surface area contributed by atoms with E-state index in [0.717, 1.165) is 18.7 Å². The minimum atomic E-state index is -0.413. The van der Waals surface area contributed by atoms with Crippen molar-refractivity contribution in [3.05, 3.63) is 59.7 Å². The van der Waals surface area contributed by atoms with Gasteiger partial charge in [-0.1, -0.05) is 38.1 Å². The number of amides is 1. The van der Waals surface area contributed by atoms with Gasteiger partial charge in [0.2, 0.25) is 5.89 Å². The molecule has 1 saturated heterocycles. The Labute approximate surface area is 180 Å². The molecule has 0 saturated carbocycles. The molecule has 2 aromatic heterocycles. The molecule has 31 heavy (non-hydrogen) atoms. The van der Waals surface area contributed by atoms with E-state index in [1.807, 2.05) is 0 Å². The normalized spacial score (nSPS) is 15.8. The average Bonchev–Trinajstić information content (AvgIpc) is 3.34. The second kappa shape index (κ2) is 8.63. The molecule has 0 spiro atoms. The lowest BCUT2D eigenvalue weighted by Gasteiger charge is -2.20. The quantitative estimate of drug-likeness (QED) is 0.625. The fraction of sp³-hybridized carbons (Fsp3) is 0.435. The maximum atomic E-state index is 14.0. The van der Waals surface area contributed by atoms with E-state index < -0.39 is 5.82 Å². The summed E-state index contributed by atoms with van der Waals surface area (Å²) in [6.07, 6.45) is 2.62. The summed E-state index contributed by atoms with van der Waals surface area (Å²) in [6.45, 7) is 9.62. The van der Waals surface area contributed by atoms with E-state index in [4.69, 9.17) is 8.94 Å². The van der Waals surface area contributed by atoms with Gasteiger partial charge in [0.15, 0.2) is 11.5 Å². The van der Waals surface area contributed by atoms with E-state index in [9.17, 15) is 9.18 Å². The van der Waals surface area contributed by atoms with Gasteiger partial charge in [0, 0.05) is 37.7 Å². The number of rotatable bonds is 4. The molecule has 0 unspecified atom stereocenters. The van der Waals surface area contributed by atoms with E-state index in [1.54, 1.807) is 29.3 Å². The first kappa shape index (κ1) is 21.2. The lowest BCUT2D eigenvalue weighted by molar-refractivity contribution is 0.0750. The molecular weight excluding hydrogens is 399 g/mol. The third-order valence-corrected chi connectivity index (χ3v) is 5.40. The predicted octanol–water partition coefficient (Wildman–Crippen LogP) is 4.11. The Balaban J connectivity index is 1.38. The molecule has 0 aliphatic carbocycles. The van der Waals surface area contributed by atoms with Crippen molar-refractivity contribution in [3.8, 4) is 11.3 Å².